The first kappa shape index (κ1) is 15.7. The molecule has 1 aliphatic rings. The van der Waals surface area contributed by atoms with Crippen LogP contribution in [-0.2, 0) is 14.3 Å². The molecule has 3 nitrogen and oxygen atoms in total. The Morgan fingerprint density at radius 3 is 2.42 bits per heavy atom. The van der Waals surface area contributed by atoms with Gasteiger partial charge >= 0.3 is 5.97 Å². The van der Waals surface area contributed by atoms with Crippen LogP contribution in [0.3, 0.4) is 0 Å². The SMILES string of the molecule is COC(=O)C1(C)C/C=C(\C)CC/C=C(\C)CCC1=O. The van der Waals surface area contributed by atoms with E-state index in [9.17, 15) is 9.59 Å². The van der Waals surface area contributed by atoms with Gasteiger partial charge in [-0.05, 0) is 46.5 Å². The van der Waals surface area contributed by atoms with Gasteiger partial charge in [0.1, 0.15) is 5.41 Å². The average Bonchev–Trinajstić information content (AvgIpc) is 2.41. The molecular weight excluding hydrogens is 240 g/mol. The predicted molar refractivity (Wildman–Crippen MR) is 75.7 cm³/mol. The molecule has 19 heavy (non-hydrogen) atoms. The van der Waals surface area contributed by atoms with Crippen LogP contribution in [-0.4, -0.2) is 18.9 Å². The molecule has 1 rings (SSSR count). The van der Waals surface area contributed by atoms with Gasteiger partial charge in [-0.1, -0.05) is 23.3 Å². The maximum Gasteiger partial charge on any atom is 0.319 e. The topological polar surface area (TPSA) is 43.4 Å². The molecule has 0 aliphatic heterocycles. The Bertz CT molecular complexity index is 418. The van der Waals surface area contributed by atoms with Crippen LogP contribution in [0.1, 0.15) is 52.9 Å². The Morgan fingerprint density at radius 1 is 1.16 bits per heavy atom. The number of ketones is 1. The van der Waals surface area contributed by atoms with Crippen molar-refractivity contribution < 1.29 is 14.3 Å². The number of carbonyl (C=O) groups excluding carboxylic acids is 2. The molecule has 0 saturated heterocycles. The highest BCUT2D eigenvalue weighted by molar-refractivity contribution is 6.03. The lowest BCUT2D eigenvalue weighted by molar-refractivity contribution is -0.156. The average molecular weight is 264 g/mol. The molecule has 0 N–H and O–H groups in total. The van der Waals surface area contributed by atoms with Gasteiger partial charge in [0.2, 0.25) is 0 Å². The van der Waals surface area contributed by atoms with E-state index in [4.69, 9.17) is 4.74 Å². The molecule has 1 atom stereocenters. The van der Waals surface area contributed by atoms with Gasteiger partial charge in [0.15, 0.2) is 5.78 Å². The zero-order valence-electron chi connectivity index (χ0n) is 12.4. The van der Waals surface area contributed by atoms with E-state index in [2.05, 4.69) is 6.08 Å². The second kappa shape index (κ2) is 6.69. The Balaban J connectivity index is 3.04. The third-order valence-corrected chi connectivity index (χ3v) is 3.89. The number of carbonyl (C=O) groups is 2. The lowest BCUT2D eigenvalue weighted by atomic mass is 9.79. The molecular formula is C16H24O3. The van der Waals surface area contributed by atoms with Crippen molar-refractivity contribution in [2.24, 2.45) is 5.41 Å². The Morgan fingerprint density at radius 2 is 1.79 bits per heavy atom. The molecule has 0 spiro atoms. The number of hydrogen-bond donors (Lipinski definition) is 0. The van der Waals surface area contributed by atoms with Crippen LogP contribution in [0, 0.1) is 5.41 Å². The first-order valence-electron chi connectivity index (χ1n) is 6.83. The quantitative estimate of drug-likeness (QED) is 0.413. The summed E-state index contributed by atoms with van der Waals surface area (Å²) in [6.45, 7) is 5.78. The van der Waals surface area contributed by atoms with Gasteiger partial charge in [-0.3, -0.25) is 9.59 Å². The fourth-order valence-corrected chi connectivity index (χ4v) is 2.25. The number of Topliss-reactive ketones (excluding diaryl/α,β-unsaturated/α-hetero) is 1. The van der Waals surface area contributed by atoms with Gasteiger partial charge in [-0.15, -0.1) is 0 Å². The monoisotopic (exact) mass is 264 g/mol. The second-order valence-electron chi connectivity index (χ2n) is 5.59. The predicted octanol–water partition coefficient (Wildman–Crippen LogP) is 3.59. The van der Waals surface area contributed by atoms with Crippen molar-refractivity contribution >= 4 is 11.8 Å². The summed E-state index contributed by atoms with van der Waals surface area (Å²) in [7, 11) is 1.34. The van der Waals surface area contributed by atoms with Crippen molar-refractivity contribution in [2.45, 2.75) is 52.9 Å². The molecule has 106 valence electrons. The number of allylic oxidation sites excluding steroid dienone is 4. The van der Waals surface area contributed by atoms with Crippen molar-refractivity contribution in [3.05, 3.63) is 23.3 Å². The number of rotatable bonds is 1. The highest BCUT2D eigenvalue weighted by Crippen LogP contribution is 2.30. The van der Waals surface area contributed by atoms with E-state index in [1.54, 1.807) is 6.92 Å². The number of esters is 1. The third kappa shape index (κ3) is 4.05. The molecule has 0 saturated carbocycles. The molecule has 0 aromatic carbocycles. The summed E-state index contributed by atoms with van der Waals surface area (Å²) in [5, 5.41) is 0. The highest BCUT2D eigenvalue weighted by Gasteiger charge is 2.40. The van der Waals surface area contributed by atoms with E-state index >= 15 is 0 Å². The Labute approximate surface area is 115 Å². The molecule has 0 fully saturated rings. The third-order valence-electron chi connectivity index (χ3n) is 3.89. The smallest absolute Gasteiger partial charge is 0.319 e. The summed E-state index contributed by atoms with van der Waals surface area (Å²) in [4.78, 5) is 24.3. The zero-order valence-corrected chi connectivity index (χ0v) is 12.4. The van der Waals surface area contributed by atoms with E-state index in [-0.39, 0.29) is 5.78 Å². The van der Waals surface area contributed by atoms with Crippen molar-refractivity contribution in [1.82, 2.24) is 0 Å². The summed E-state index contributed by atoms with van der Waals surface area (Å²) in [6, 6.07) is 0. The molecule has 0 bridgehead atoms. The van der Waals surface area contributed by atoms with Crippen LogP contribution >= 0.6 is 0 Å². The first-order valence-corrected chi connectivity index (χ1v) is 6.83. The van der Waals surface area contributed by atoms with E-state index in [1.165, 1.54) is 18.3 Å². The van der Waals surface area contributed by atoms with Crippen LogP contribution in [0.5, 0.6) is 0 Å². The maximum atomic E-state index is 12.4. The molecule has 0 heterocycles. The number of ether oxygens (including phenoxy) is 1. The van der Waals surface area contributed by atoms with Crippen molar-refractivity contribution in [1.29, 1.82) is 0 Å². The van der Waals surface area contributed by atoms with Crippen LogP contribution in [0.4, 0.5) is 0 Å². The van der Waals surface area contributed by atoms with Crippen LogP contribution < -0.4 is 0 Å². The van der Waals surface area contributed by atoms with Gasteiger partial charge in [-0.25, -0.2) is 0 Å². The first-order chi connectivity index (χ1) is 8.90. The van der Waals surface area contributed by atoms with E-state index < -0.39 is 11.4 Å². The lowest BCUT2D eigenvalue weighted by Gasteiger charge is -2.24. The second-order valence-corrected chi connectivity index (χ2v) is 5.59. The molecule has 0 radical (unpaired) electrons. The van der Waals surface area contributed by atoms with Gasteiger partial charge in [0.25, 0.3) is 0 Å². The fraction of sp³-hybridized carbons (Fsp3) is 0.625. The summed E-state index contributed by atoms with van der Waals surface area (Å²) in [5.74, 6) is -0.458. The minimum absolute atomic E-state index is 0.0296. The highest BCUT2D eigenvalue weighted by atomic mass is 16.5. The minimum Gasteiger partial charge on any atom is -0.468 e. The minimum atomic E-state index is -1.04. The normalized spacial score (nSPS) is 31.5. The summed E-state index contributed by atoms with van der Waals surface area (Å²) < 4.78 is 4.82. The van der Waals surface area contributed by atoms with E-state index in [1.807, 2.05) is 19.9 Å². The van der Waals surface area contributed by atoms with Gasteiger partial charge in [0, 0.05) is 6.42 Å². The van der Waals surface area contributed by atoms with Gasteiger partial charge in [0.05, 0.1) is 7.11 Å². The van der Waals surface area contributed by atoms with Crippen molar-refractivity contribution in [3.63, 3.8) is 0 Å². The van der Waals surface area contributed by atoms with E-state index in [0.29, 0.717) is 12.8 Å². The van der Waals surface area contributed by atoms with Gasteiger partial charge in [-0.2, -0.15) is 0 Å². The van der Waals surface area contributed by atoms with Crippen molar-refractivity contribution in [2.75, 3.05) is 7.11 Å². The summed E-state index contributed by atoms with van der Waals surface area (Å²) in [5.41, 5.74) is 1.39. The molecule has 1 aliphatic carbocycles. The largest absolute Gasteiger partial charge is 0.468 e. The van der Waals surface area contributed by atoms with E-state index in [0.717, 1.165) is 19.3 Å². The van der Waals surface area contributed by atoms with Crippen LogP contribution in [0.2, 0.25) is 0 Å². The van der Waals surface area contributed by atoms with Crippen LogP contribution in [0.15, 0.2) is 23.3 Å². The molecule has 3 heteroatoms. The Kier molecular flexibility index (Phi) is 5.52. The zero-order chi connectivity index (χ0) is 14.5. The lowest BCUT2D eigenvalue weighted by Crippen LogP contribution is -2.37. The molecule has 0 aromatic heterocycles. The molecule has 0 aromatic rings. The summed E-state index contributed by atoms with van der Waals surface area (Å²) >= 11 is 0. The van der Waals surface area contributed by atoms with Crippen molar-refractivity contribution in [3.8, 4) is 0 Å². The standard InChI is InChI=1S/C16H24O3/c1-12-6-5-7-13(2)10-11-16(3,15(18)19-4)14(17)9-8-12/h6,10H,5,7-9,11H2,1-4H3/b12-6+,13-10+. The number of methoxy groups -OCH3 is 1. The summed E-state index contributed by atoms with van der Waals surface area (Å²) in [6.07, 6.45) is 7.73. The fourth-order valence-electron chi connectivity index (χ4n) is 2.25. The maximum absolute atomic E-state index is 12.4. The molecule has 1 unspecified atom stereocenters. The molecule has 0 amide bonds. The Hall–Kier alpha value is -1.38. The van der Waals surface area contributed by atoms with Gasteiger partial charge < -0.3 is 4.74 Å². The number of hydrogen-bond acceptors (Lipinski definition) is 3. The van der Waals surface area contributed by atoms with Crippen LogP contribution in [0.25, 0.3) is 0 Å².